The van der Waals surface area contributed by atoms with Crippen LogP contribution in [-0.4, -0.2) is 32.8 Å². The second-order valence-electron chi connectivity index (χ2n) is 9.28. The van der Waals surface area contributed by atoms with Crippen LogP contribution < -0.4 is 21.4 Å². The van der Waals surface area contributed by atoms with Gasteiger partial charge in [0, 0.05) is 16.8 Å². The molecule has 11 heteroatoms. The molecule has 9 nitrogen and oxygen atoms in total. The highest BCUT2D eigenvalue weighted by molar-refractivity contribution is 6.30. The smallest absolute Gasteiger partial charge is 0.355 e. The monoisotopic (exact) mass is 532 g/mol. The number of carbonyl (C=O) groups is 1. The number of hydrogen-bond donors (Lipinski definition) is 1. The highest BCUT2D eigenvalue weighted by Gasteiger charge is 2.30. The van der Waals surface area contributed by atoms with Crippen molar-refractivity contribution >= 4 is 29.2 Å². The summed E-state index contributed by atoms with van der Waals surface area (Å²) in [6, 6.07) is 11.0. The van der Waals surface area contributed by atoms with E-state index in [0.29, 0.717) is 10.6 Å². The van der Waals surface area contributed by atoms with Crippen molar-refractivity contribution in [2.45, 2.75) is 59.2 Å². The van der Waals surface area contributed by atoms with Gasteiger partial charge >= 0.3 is 17.3 Å². The van der Waals surface area contributed by atoms with Gasteiger partial charge in [-0.2, -0.15) is 4.98 Å². The number of benzene rings is 2. The van der Waals surface area contributed by atoms with Crippen molar-refractivity contribution in [2.24, 2.45) is 0 Å². The molecule has 3 rings (SSSR count). The number of nitrogens with zero attached hydrogens (tertiary/aromatic N) is 3. The molecule has 1 N–H and O–H groups in total. The Kier molecular flexibility index (Phi) is 8.75. The van der Waals surface area contributed by atoms with Crippen LogP contribution in [0.1, 0.15) is 46.6 Å². The van der Waals surface area contributed by atoms with E-state index in [9.17, 15) is 18.8 Å². The highest BCUT2D eigenvalue weighted by atomic mass is 35.5. The third-order valence-corrected chi connectivity index (χ3v) is 5.61. The molecule has 0 saturated carbocycles. The van der Waals surface area contributed by atoms with E-state index in [2.05, 4.69) is 10.3 Å². The Hall–Kier alpha value is -3.66. The summed E-state index contributed by atoms with van der Waals surface area (Å²) in [6.07, 6.45) is -0.432. The lowest BCUT2D eigenvalue weighted by Gasteiger charge is -2.26. The van der Waals surface area contributed by atoms with Gasteiger partial charge in [0.2, 0.25) is 5.95 Å². The van der Waals surface area contributed by atoms with E-state index in [1.165, 1.54) is 16.7 Å². The first kappa shape index (κ1) is 27.9. The molecule has 0 aliphatic rings. The molecule has 0 saturated heterocycles. The third-order valence-electron chi connectivity index (χ3n) is 5.36. The Morgan fingerprint density at radius 1 is 1.16 bits per heavy atom. The Labute approximate surface area is 218 Å². The van der Waals surface area contributed by atoms with Crippen molar-refractivity contribution in [3.63, 3.8) is 0 Å². The number of carbonyl (C=O) groups excluding carboxylic acids is 1. The summed E-state index contributed by atoms with van der Waals surface area (Å²) in [6.45, 7) is 8.59. The van der Waals surface area contributed by atoms with Crippen LogP contribution in [0.2, 0.25) is 5.02 Å². The number of nitrogens with one attached hydrogen (secondary N) is 1. The Morgan fingerprint density at radius 2 is 1.84 bits per heavy atom. The fourth-order valence-electron chi connectivity index (χ4n) is 3.72. The molecule has 0 aliphatic carbocycles. The fourth-order valence-corrected chi connectivity index (χ4v) is 3.85. The lowest BCUT2D eigenvalue weighted by Crippen LogP contribution is -2.51. The SMILES string of the molecule is CCOC(=O)CC(C)(C)n1c(=O)nc(Nc2ccc(OC(C)C)c(F)c2)n(Cc2ccc(Cl)cc2)c1=O. The van der Waals surface area contributed by atoms with E-state index in [1.54, 1.807) is 65.0 Å². The maximum Gasteiger partial charge on any atom is 0.355 e. The molecular weight excluding hydrogens is 503 g/mol. The number of hydrogen-bond acceptors (Lipinski definition) is 7. The molecular formula is C26H30ClFN4O5. The lowest BCUT2D eigenvalue weighted by molar-refractivity contribution is -0.145. The topological polar surface area (TPSA) is 104 Å². The van der Waals surface area contributed by atoms with Gasteiger partial charge in [-0.15, -0.1) is 0 Å². The lowest BCUT2D eigenvalue weighted by atomic mass is 10.0. The van der Waals surface area contributed by atoms with E-state index in [1.807, 2.05) is 0 Å². The summed E-state index contributed by atoms with van der Waals surface area (Å²) in [5, 5.41) is 3.39. The molecule has 37 heavy (non-hydrogen) atoms. The van der Waals surface area contributed by atoms with Gasteiger partial charge in [-0.3, -0.25) is 9.36 Å². The average molecular weight is 533 g/mol. The molecule has 0 spiro atoms. The fraction of sp³-hybridized carbons (Fsp3) is 0.385. The van der Waals surface area contributed by atoms with Crippen LogP contribution in [0.3, 0.4) is 0 Å². The van der Waals surface area contributed by atoms with Crippen LogP contribution in [0, 0.1) is 5.82 Å². The van der Waals surface area contributed by atoms with E-state index in [-0.39, 0.29) is 43.1 Å². The zero-order valence-electron chi connectivity index (χ0n) is 21.4. The quantitative estimate of drug-likeness (QED) is 0.384. The van der Waals surface area contributed by atoms with Gasteiger partial charge < -0.3 is 14.8 Å². The van der Waals surface area contributed by atoms with Crippen LogP contribution in [-0.2, 0) is 21.6 Å². The molecule has 0 atom stereocenters. The molecule has 0 fully saturated rings. The van der Waals surface area contributed by atoms with Crippen LogP contribution in [0.25, 0.3) is 0 Å². The normalized spacial score (nSPS) is 11.5. The first-order valence-electron chi connectivity index (χ1n) is 11.8. The molecule has 198 valence electrons. The second-order valence-corrected chi connectivity index (χ2v) is 9.72. The van der Waals surface area contributed by atoms with Crippen molar-refractivity contribution in [1.82, 2.24) is 14.1 Å². The van der Waals surface area contributed by atoms with Crippen LogP contribution >= 0.6 is 11.6 Å². The van der Waals surface area contributed by atoms with Gasteiger partial charge in [-0.05, 0) is 64.4 Å². The number of esters is 1. The summed E-state index contributed by atoms with van der Waals surface area (Å²) in [7, 11) is 0. The summed E-state index contributed by atoms with van der Waals surface area (Å²) < 4.78 is 27.2. The first-order valence-corrected chi connectivity index (χ1v) is 12.2. The zero-order chi connectivity index (χ0) is 27.3. The van der Waals surface area contributed by atoms with Crippen molar-refractivity contribution in [1.29, 1.82) is 0 Å². The summed E-state index contributed by atoms with van der Waals surface area (Å²) >= 11 is 6.00. The van der Waals surface area contributed by atoms with Gasteiger partial charge in [-0.25, -0.2) is 18.5 Å². The number of halogens is 2. The van der Waals surface area contributed by atoms with Crippen molar-refractivity contribution in [3.05, 3.63) is 79.8 Å². The minimum Gasteiger partial charge on any atom is -0.488 e. The molecule has 2 aromatic carbocycles. The van der Waals surface area contributed by atoms with E-state index in [0.717, 1.165) is 4.57 Å². The van der Waals surface area contributed by atoms with Gasteiger partial charge in [0.15, 0.2) is 11.6 Å². The van der Waals surface area contributed by atoms with Gasteiger partial charge in [-0.1, -0.05) is 23.7 Å². The number of ether oxygens (including phenoxy) is 2. The summed E-state index contributed by atoms with van der Waals surface area (Å²) in [4.78, 5) is 43.0. The van der Waals surface area contributed by atoms with Crippen LogP contribution in [0.15, 0.2) is 52.1 Å². The van der Waals surface area contributed by atoms with E-state index >= 15 is 0 Å². The van der Waals surface area contributed by atoms with Crippen molar-refractivity contribution < 1.29 is 18.7 Å². The van der Waals surface area contributed by atoms with Crippen LogP contribution in [0.4, 0.5) is 16.0 Å². The second kappa shape index (κ2) is 11.6. The van der Waals surface area contributed by atoms with Gasteiger partial charge in [0.05, 0.1) is 31.2 Å². The standard InChI is InChI=1S/C26H30ClFN4O5/c1-6-36-22(33)14-26(4,5)32-24(34)30-23(29-19-11-12-21(20(28)13-19)37-16(2)3)31(25(32)35)15-17-7-9-18(27)10-8-17/h7-13,16H,6,14-15H2,1-5H3,(H,29,30,34). The maximum atomic E-state index is 14.6. The number of anilines is 2. The Balaban J connectivity index is 2.10. The molecule has 0 radical (unpaired) electrons. The molecule has 1 heterocycles. The summed E-state index contributed by atoms with van der Waals surface area (Å²) in [5.41, 5.74) is -1.83. The maximum absolute atomic E-state index is 14.6. The predicted molar refractivity (Wildman–Crippen MR) is 139 cm³/mol. The minimum atomic E-state index is -1.23. The molecule has 0 bridgehead atoms. The molecule has 1 aromatic heterocycles. The average Bonchev–Trinajstić information content (AvgIpc) is 2.78. The summed E-state index contributed by atoms with van der Waals surface area (Å²) in [5.74, 6) is -1.19. The Morgan fingerprint density at radius 3 is 2.43 bits per heavy atom. The van der Waals surface area contributed by atoms with Crippen molar-refractivity contribution in [2.75, 3.05) is 11.9 Å². The molecule has 0 amide bonds. The highest BCUT2D eigenvalue weighted by Crippen LogP contribution is 2.24. The first-order chi connectivity index (χ1) is 17.4. The number of rotatable bonds is 10. The Bertz CT molecular complexity index is 1380. The van der Waals surface area contributed by atoms with Crippen LogP contribution in [0.5, 0.6) is 5.75 Å². The largest absolute Gasteiger partial charge is 0.488 e. The molecule has 0 unspecified atom stereocenters. The predicted octanol–water partition coefficient (Wildman–Crippen LogP) is 4.46. The van der Waals surface area contributed by atoms with E-state index in [4.69, 9.17) is 21.1 Å². The van der Waals surface area contributed by atoms with Gasteiger partial charge in [0.1, 0.15) is 0 Å². The van der Waals surface area contributed by atoms with Gasteiger partial charge in [0.25, 0.3) is 0 Å². The molecule has 0 aliphatic heterocycles. The van der Waals surface area contributed by atoms with Crippen molar-refractivity contribution in [3.8, 4) is 5.75 Å². The van der Waals surface area contributed by atoms with E-state index < -0.39 is 28.7 Å². The molecule has 3 aromatic rings. The number of aromatic nitrogens is 3. The zero-order valence-corrected chi connectivity index (χ0v) is 22.1. The third kappa shape index (κ3) is 6.97. The minimum absolute atomic E-state index is 0.0259.